The molecule has 0 fully saturated rings. The third kappa shape index (κ3) is 3.94. The Morgan fingerprint density at radius 2 is 1.70 bits per heavy atom. The first-order valence-electron chi connectivity index (χ1n) is 8.40. The molecule has 0 spiro atoms. The summed E-state index contributed by atoms with van der Waals surface area (Å²) in [4.78, 5) is 4.65. The quantitative estimate of drug-likeness (QED) is 0.427. The molecule has 0 aliphatic heterocycles. The molecule has 0 bridgehead atoms. The maximum absolute atomic E-state index is 13.1. The van der Waals surface area contributed by atoms with Gasteiger partial charge in [-0.25, -0.2) is 9.37 Å². The van der Waals surface area contributed by atoms with Gasteiger partial charge in [-0.1, -0.05) is 41.6 Å². The van der Waals surface area contributed by atoms with Crippen molar-refractivity contribution in [3.8, 4) is 22.0 Å². The lowest BCUT2D eigenvalue weighted by Gasteiger charge is -2.03. The van der Waals surface area contributed by atoms with Gasteiger partial charge in [0.15, 0.2) is 11.0 Å². The van der Waals surface area contributed by atoms with Gasteiger partial charge in [-0.3, -0.25) is 0 Å². The van der Waals surface area contributed by atoms with Gasteiger partial charge < -0.3 is 4.57 Å². The average Bonchev–Trinajstić information content (AvgIpc) is 3.28. The molecule has 2 aromatic heterocycles. The molecule has 2 aromatic carbocycles. The average molecular weight is 397 g/mol. The van der Waals surface area contributed by atoms with Crippen molar-refractivity contribution < 1.29 is 4.39 Å². The maximum atomic E-state index is 13.1. The second-order valence-corrected chi connectivity index (χ2v) is 7.97. The first kappa shape index (κ1) is 17.9. The van der Waals surface area contributed by atoms with Gasteiger partial charge in [0.25, 0.3) is 0 Å². The van der Waals surface area contributed by atoms with Gasteiger partial charge in [0, 0.05) is 29.3 Å². The Labute approximate surface area is 165 Å². The Hall–Kier alpha value is -2.51. The van der Waals surface area contributed by atoms with E-state index in [1.165, 1.54) is 17.7 Å². The van der Waals surface area contributed by atoms with Gasteiger partial charge in [0.05, 0.1) is 5.69 Å². The molecule has 0 amide bonds. The number of hydrogen-bond acceptors (Lipinski definition) is 5. The van der Waals surface area contributed by atoms with E-state index in [0.29, 0.717) is 5.75 Å². The van der Waals surface area contributed by atoms with E-state index < -0.39 is 0 Å². The fraction of sp³-hybridized carbons (Fsp3) is 0.150. The van der Waals surface area contributed by atoms with Crippen LogP contribution >= 0.6 is 23.1 Å². The molecule has 0 unspecified atom stereocenters. The third-order valence-corrected chi connectivity index (χ3v) is 6.13. The van der Waals surface area contributed by atoms with E-state index in [0.717, 1.165) is 32.8 Å². The number of thiazole rings is 1. The number of rotatable bonds is 5. The molecule has 0 N–H and O–H groups in total. The molecule has 2 heterocycles. The smallest absolute Gasteiger partial charge is 0.191 e. The molecule has 0 aliphatic rings. The van der Waals surface area contributed by atoms with Crippen LogP contribution in [-0.4, -0.2) is 19.7 Å². The van der Waals surface area contributed by atoms with Crippen LogP contribution in [-0.2, 0) is 12.8 Å². The molecule has 4 rings (SSSR count). The minimum Gasteiger partial charge on any atom is -0.305 e. The van der Waals surface area contributed by atoms with Gasteiger partial charge in [-0.05, 0) is 31.2 Å². The van der Waals surface area contributed by atoms with Gasteiger partial charge in [0.1, 0.15) is 10.8 Å². The lowest BCUT2D eigenvalue weighted by atomic mass is 10.1. The number of halogens is 1. The fourth-order valence-electron chi connectivity index (χ4n) is 2.63. The standard InChI is InChI=1S/C20H17FN4S2/c1-13-3-5-14(6-4-13)18-23-24-20(25(18)2)27-12-17-11-26-19(22-17)15-7-9-16(21)10-8-15/h3-11H,12H2,1-2H3. The number of aromatic nitrogens is 4. The van der Waals surface area contributed by atoms with Crippen LogP contribution < -0.4 is 0 Å². The largest absolute Gasteiger partial charge is 0.305 e. The van der Waals surface area contributed by atoms with Crippen LogP contribution in [0.3, 0.4) is 0 Å². The SMILES string of the molecule is Cc1ccc(-c2nnc(SCc3csc(-c4ccc(F)cc4)n3)n2C)cc1. The van der Waals surface area contributed by atoms with Crippen molar-refractivity contribution in [2.24, 2.45) is 7.05 Å². The van der Waals surface area contributed by atoms with Crippen molar-refractivity contribution >= 4 is 23.1 Å². The first-order valence-corrected chi connectivity index (χ1v) is 10.3. The van der Waals surface area contributed by atoms with Crippen LogP contribution in [0.15, 0.2) is 59.1 Å². The zero-order valence-electron chi connectivity index (χ0n) is 14.9. The lowest BCUT2D eigenvalue weighted by Crippen LogP contribution is -1.95. The summed E-state index contributed by atoms with van der Waals surface area (Å²) < 4.78 is 15.1. The first-order chi connectivity index (χ1) is 13.1. The molecule has 4 aromatic rings. The van der Waals surface area contributed by atoms with E-state index in [2.05, 4.69) is 46.4 Å². The van der Waals surface area contributed by atoms with Crippen molar-refractivity contribution in [2.45, 2.75) is 17.8 Å². The monoisotopic (exact) mass is 396 g/mol. The van der Waals surface area contributed by atoms with Crippen LogP contribution in [0.25, 0.3) is 22.0 Å². The van der Waals surface area contributed by atoms with Gasteiger partial charge >= 0.3 is 0 Å². The van der Waals surface area contributed by atoms with E-state index in [1.807, 2.05) is 17.0 Å². The molecular formula is C20H17FN4S2. The zero-order chi connectivity index (χ0) is 18.8. The van der Waals surface area contributed by atoms with Crippen molar-refractivity contribution in [1.82, 2.24) is 19.7 Å². The summed E-state index contributed by atoms with van der Waals surface area (Å²) in [7, 11) is 1.97. The van der Waals surface area contributed by atoms with Crippen molar-refractivity contribution in [3.05, 3.63) is 71.0 Å². The molecule has 136 valence electrons. The minimum atomic E-state index is -0.238. The van der Waals surface area contributed by atoms with Crippen molar-refractivity contribution in [3.63, 3.8) is 0 Å². The number of benzene rings is 2. The number of hydrogen-bond donors (Lipinski definition) is 0. The molecule has 27 heavy (non-hydrogen) atoms. The predicted octanol–water partition coefficient (Wildman–Crippen LogP) is 5.35. The van der Waals surface area contributed by atoms with E-state index in [-0.39, 0.29) is 5.82 Å². The van der Waals surface area contributed by atoms with Crippen LogP contribution in [0.2, 0.25) is 0 Å². The summed E-state index contributed by atoms with van der Waals surface area (Å²) in [6, 6.07) is 14.7. The second-order valence-electron chi connectivity index (χ2n) is 6.17. The molecule has 0 saturated carbocycles. The molecule has 4 nitrogen and oxygen atoms in total. The second kappa shape index (κ2) is 7.62. The van der Waals surface area contributed by atoms with Crippen LogP contribution in [0.5, 0.6) is 0 Å². The molecule has 7 heteroatoms. The lowest BCUT2D eigenvalue weighted by molar-refractivity contribution is 0.628. The molecule has 0 aliphatic carbocycles. The zero-order valence-corrected chi connectivity index (χ0v) is 16.5. The Morgan fingerprint density at radius 3 is 2.44 bits per heavy atom. The van der Waals surface area contributed by atoms with Crippen LogP contribution in [0, 0.1) is 12.7 Å². The molecular weight excluding hydrogens is 379 g/mol. The van der Waals surface area contributed by atoms with E-state index in [4.69, 9.17) is 0 Å². The summed E-state index contributed by atoms with van der Waals surface area (Å²) in [5.74, 6) is 1.32. The predicted molar refractivity (Wildman–Crippen MR) is 108 cm³/mol. The van der Waals surface area contributed by atoms with E-state index >= 15 is 0 Å². The molecule has 0 saturated heterocycles. The summed E-state index contributed by atoms with van der Waals surface area (Å²) in [6.45, 7) is 2.07. The maximum Gasteiger partial charge on any atom is 0.191 e. The Kier molecular flexibility index (Phi) is 5.05. The number of thioether (sulfide) groups is 1. The molecule has 0 radical (unpaired) electrons. The van der Waals surface area contributed by atoms with Gasteiger partial charge in [-0.15, -0.1) is 21.5 Å². The highest BCUT2D eigenvalue weighted by molar-refractivity contribution is 7.98. The van der Waals surface area contributed by atoms with E-state index in [9.17, 15) is 4.39 Å². The van der Waals surface area contributed by atoms with Crippen molar-refractivity contribution in [1.29, 1.82) is 0 Å². The Bertz CT molecular complexity index is 1050. The summed E-state index contributed by atoms with van der Waals surface area (Å²) in [5, 5.41) is 12.4. The summed E-state index contributed by atoms with van der Waals surface area (Å²) in [6.07, 6.45) is 0. The Morgan fingerprint density at radius 1 is 1.00 bits per heavy atom. The number of aryl methyl sites for hydroxylation is 1. The van der Waals surface area contributed by atoms with Crippen LogP contribution in [0.4, 0.5) is 4.39 Å². The topological polar surface area (TPSA) is 43.6 Å². The highest BCUT2D eigenvalue weighted by atomic mass is 32.2. The highest BCUT2D eigenvalue weighted by Gasteiger charge is 2.12. The summed E-state index contributed by atoms with van der Waals surface area (Å²) >= 11 is 3.16. The minimum absolute atomic E-state index is 0.238. The third-order valence-electron chi connectivity index (χ3n) is 4.14. The summed E-state index contributed by atoms with van der Waals surface area (Å²) in [5.41, 5.74) is 4.17. The van der Waals surface area contributed by atoms with Gasteiger partial charge in [-0.2, -0.15) is 0 Å². The molecule has 0 atom stereocenters. The highest BCUT2D eigenvalue weighted by Crippen LogP contribution is 2.29. The van der Waals surface area contributed by atoms with Crippen molar-refractivity contribution in [2.75, 3.05) is 0 Å². The van der Waals surface area contributed by atoms with Crippen LogP contribution in [0.1, 0.15) is 11.3 Å². The number of nitrogens with zero attached hydrogens (tertiary/aromatic N) is 4. The Balaban J connectivity index is 1.46. The van der Waals surface area contributed by atoms with Gasteiger partial charge in [0.2, 0.25) is 0 Å². The normalized spacial score (nSPS) is 11.1. The van der Waals surface area contributed by atoms with E-state index in [1.54, 1.807) is 35.2 Å². The fourth-order valence-corrected chi connectivity index (χ4v) is 4.37.